The first-order valence-electron chi connectivity index (χ1n) is 7.55. The van der Waals surface area contributed by atoms with E-state index in [0.29, 0.717) is 9.16 Å². The Bertz CT molecular complexity index is 927. The van der Waals surface area contributed by atoms with Crippen LogP contribution in [0.3, 0.4) is 0 Å². The van der Waals surface area contributed by atoms with Crippen LogP contribution in [0.15, 0.2) is 73.1 Å². The molecule has 3 aromatic rings. The van der Waals surface area contributed by atoms with E-state index in [-0.39, 0.29) is 11.4 Å². The molecule has 0 amide bonds. The van der Waals surface area contributed by atoms with E-state index in [1.54, 1.807) is 24.3 Å². The average Bonchev–Trinajstić information content (AvgIpc) is 2.62. The van der Waals surface area contributed by atoms with Gasteiger partial charge >= 0.3 is 0 Å². The van der Waals surface area contributed by atoms with Crippen molar-refractivity contribution in [1.82, 2.24) is 4.73 Å². The van der Waals surface area contributed by atoms with Crippen LogP contribution in [0.25, 0.3) is 24.3 Å². The summed E-state index contributed by atoms with van der Waals surface area (Å²) < 4.78 is 1.39. The zero-order valence-corrected chi connectivity index (χ0v) is 12.9. The fourth-order valence-electron chi connectivity index (χ4n) is 2.23. The standard InChI is InChI=1S/C20H16N2O2/c23-21-16-20(14-12-18-9-5-2-6-10-18)22(24)15-19(21)13-11-17-7-3-1-4-8-17/h1-16H. The van der Waals surface area contributed by atoms with Crippen molar-refractivity contribution in [3.63, 3.8) is 0 Å². The lowest BCUT2D eigenvalue weighted by atomic mass is 10.2. The minimum absolute atomic E-state index is 0.283. The minimum atomic E-state index is 0.283. The lowest BCUT2D eigenvalue weighted by Crippen LogP contribution is -2.21. The SMILES string of the molecule is O=[n+]1cc(C=Cc2ccccc2)n([O-])cc1C=Cc1ccccc1. The summed E-state index contributed by atoms with van der Waals surface area (Å²) in [7, 11) is 0. The maximum atomic E-state index is 12.1. The van der Waals surface area contributed by atoms with Crippen molar-refractivity contribution in [2.24, 2.45) is 0 Å². The fourth-order valence-corrected chi connectivity index (χ4v) is 2.23. The number of hydrogen-bond donors (Lipinski definition) is 0. The highest BCUT2D eigenvalue weighted by atomic mass is 16.5. The number of benzene rings is 2. The van der Waals surface area contributed by atoms with Gasteiger partial charge in [0.15, 0.2) is 0 Å². The van der Waals surface area contributed by atoms with Crippen LogP contribution in [0.2, 0.25) is 0 Å². The van der Waals surface area contributed by atoms with Crippen LogP contribution >= 0.6 is 0 Å². The minimum Gasteiger partial charge on any atom is -0.805 e. The number of hydrogen-bond acceptors (Lipinski definition) is 2. The van der Waals surface area contributed by atoms with Crippen LogP contribution in [0.5, 0.6) is 0 Å². The first-order chi connectivity index (χ1) is 11.7. The Labute approximate surface area is 139 Å². The molecule has 0 N–H and O–H groups in total. The van der Waals surface area contributed by atoms with Crippen LogP contribution in [-0.4, -0.2) is 4.73 Å². The molecule has 0 spiro atoms. The largest absolute Gasteiger partial charge is 0.805 e. The lowest BCUT2D eigenvalue weighted by molar-refractivity contribution is -0.498. The van der Waals surface area contributed by atoms with E-state index in [0.717, 1.165) is 11.1 Å². The van der Waals surface area contributed by atoms with E-state index in [2.05, 4.69) is 0 Å². The molecule has 0 fully saturated rings. The molecule has 1 heterocycles. The van der Waals surface area contributed by atoms with Gasteiger partial charge in [-0.1, -0.05) is 66.7 Å². The van der Waals surface area contributed by atoms with Crippen LogP contribution < -0.4 is 4.43 Å². The predicted octanol–water partition coefficient (Wildman–Crippen LogP) is 4.09. The Balaban J connectivity index is 1.85. The van der Waals surface area contributed by atoms with Crippen molar-refractivity contribution < 1.29 is 4.43 Å². The van der Waals surface area contributed by atoms with Gasteiger partial charge in [-0.05, 0) is 23.3 Å². The molecular weight excluding hydrogens is 300 g/mol. The van der Waals surface area contributed by atoms with Crippen LogP contribution in [0, 0.1) is 10.1 Å². The summed E-state index contributed by atoms with van der Waals surface area (Å²) in [5.74, 6) is 0. The van der Waals surface area contributed by atoms with Gasteiger partial charge in [-0.2, -0.15) is 0 Å². The highest BCUT2D eigenvalue weighted by Crippen LogP contribution is 2.09. The van der Waals surface area contributed by atoms with Gasteiger partial charge in [-0.15, -0.1) is 0 Å². The molecule has 1 aromatic heterocycles. The molecule has 118 valence electrons. The summed E-state index contributed by atoms with van der Waals surface area (Å²) >= 11 is 0. The Hall–Kier alpha value is -3.40. The van der Waals surface area contributed by atoms with E-state index in [1.165, 1.54) is 12.4 Å². The second kappa shape index (κ2) is 7.24. The number of rotatable bonds is 4. The lowest BCUT2D eigenvalue weighted by Gasteiger charge is -2.11. The second-order valence-corrected chi connectivity index (χ2v) is 5.25. The van der Waals surface area contributed by atoms with E-state index < -0.39 is 0 Å². The second-order valence-electron chi connectivity index (χ2n) is 5.25. The molecule has 0 atom stereocenters. The van der Waals surface area contributed by atoms with Crippen LogP contribution in [0.1, 0.15) is 22.5 Å². The number of nitrogens with zero attached hydrogens (tertiary/aromatic N) is 2. The Morgan fingerprint density at radius 3 is 1.92 bits per heavy atom. The van der Waals surface area contributed by atoms with E-state index in [1.807, 2.05) is 60.7 Å². The van der Waals surface area contributed by atoms with Crippen LogP contribution in [0.4, 0.5) is 0 Å². The molecular formula is C20H16N2O2. The molecule has 0 radical (unpaired) electrons. The van der Waals surface area contributed by atoms with Gasteiger partial charge < -0.3 is 9.94 Å². The van der Waals surface area contributed by atoms with Gasteiger partial charge in [-0.3, -0.25) is 0 Å². The molecule has 0 aliphatic rings. The summed E-state index contributed by atoms with van der Waals surface area (Å²) in [5.41, 5.74) is 2.49. The third kappa shape index (κ3) is 3.87. The summed E-state index contributed by atoms with van der Waals surface area (Å²) in [6.45, 7) is 0. The van der Waals surface area contributed by atoms with Crippen molar-refractivity contribution >= 4 is 24.3 Å². The van der Waals surface area contributed by atoms with Crippen LogP contribution in [-0.2, 0) is 0 Å². The van der Waals surface area contributed by atoms with E-state index >= 15 is 0 Å². The molecule has 3 rings (SSSR count). The monoisotopic (exact) mass is 316 g/mol. The molecule has 0 aliphatic carbocycles. The molecule has 0 unspecified atom stereocenters. The maximum Gasteiger partial charge on any atom is 0.278 e. The molecule has 4 heteroatoms. The summed E-state index contributed by atoms with van der Waals surface area (Å²) in [6, 6.07) is 19.2. The third-order valence-electron chi connectivity index (χ3n) is 3.50. The molecule has 4 nitrogen and oxygen atoms in total. The topological polar surface area (TPSA) is 51.0 Å². The number of aromatic nitrogens is 2. The first-order valence-corrected chi connectivity index (χ1v) is 7.55. The summed E-state index contributed by atoms with van der Waals surface area (Å²) in [6.07, 6.45) is 9.39. The molecule has 0 saturated heterocycles. The third-order valence-corrected chi connectivity index (χ3v) is 3.50. The van der Waals surface area contributed by atoms with Crippen molar-refractivity contribution in [2.45, 2.75) is 0 Å². The molecule has 24 heavy (non-hydrogen) atoms. The zero-order valence-electron chi connectivity index (χ0n) is 12.9. The fraction of sp³-hybridized carbons (Fsp3) is 0. The molecule has 0 bridgehead atoms. The Morgan fingerprint density at radius 2 is 1.33 bits per heavy atom. The van der Waals surface area contributed by atoms with Crippen molar-refractivity contribution in [3.05, 3.63) is 106 Å². The summed E-state index contributed by atoms with van der Waals surface area (Å²) in [4.78, 5) is 12.1. The Morgan fingerprint density at radius 1 is 0.792 bits per heavy atom. The Kier molecular flexibility index (Phi) is 4.68. The zero-order chi connectivity index (χ0) is 16.8. The normalized spacial score (nSPS) is 11.3. The maximum absolute atomic E-state index is 12.1. The highest BCUT2D eigenvalue weighted by molar-refractivity contribution is 5.69. The van der Waals surface area contributed by atoms with Crippen molar-refractivity contribution in [3.8, 4) is 0 Å². The summed E-state index contributed by atoms with van der Waals surface area (Å²) in [5, 5.41) is 12.1. The molecule has 0 aliphatic heterocycles. The quantitative estimate of drug-likeness (QED) is 0.681. The van der Waals surface area contributed by atoms with Gasteiger partial charge in [0.2, 0.25) is 0 Å². The van der Waals surface area contributed by atoms with E-state index in [4.69, 9.17) is 0 Å². The molecule has 2 aromatic carbocycles. The smallest absolute Gasteiger partial charge is 0.278 e. The molecule has 0 saturated carbocycles. The van der Waals surface area contributed by atoms with Gasteiger partial charge in [-0.25, -0.2) is 0 Å². The predicted molar refractivity (Wildman–Crippen MR) is 97.3 cm³/mol. The average molecular weight is 316 g/mol. The first kappa shape index (κ1) is 15.5. The van der Waals surface area contributed by atoms with Gasteiger partial charge in [0.25, 0.3) is 11.9 Å². The van der Waals surface area contributed by atoms with Crippen molar-refractivity contribution in [1.29, 1.82) is 0 Å². The van der Waals surface area contributed by atoms with E-state index in [9.17, 15) is 10.1 Å². The van der Waals surface area contributed by atoms with Crippen molar-refractivity contribution in [2.75, 3.05) is 0 Å². The van der Waals surface area contributed by atoms with Gasteiger partial charge in [0.1, 0.15) is 5.69 Å². The highest BCUT2D eigenvalue weighted by Gasteiger charge is 2.06. The van der Waals surface area contributed by atoms with Gasteiger partial charge in [0, 0.05) is 11.0 Å². The van der Waals surface area contributed by atoms with Gasteiger partial charge in [0.05, 0.1) is 10.6 Å².